The van der Waals surface area contributed by atoms with E-state index in [1.807, 2.05) is 24.3 Å². The Hall–Kier alpha value is -3.90. The normalized spacial score (nSPS) is 15.7. The predicted molar refractivity (Wildman–Crippen MR) is 150 cm³/mol. The molecule has 0 saturated carbocycles. The number of benzene rings is 1. The molecule has 38 heavy (non-hydrogen) atoms. The van der Waals surface area contributed by atoms with E-state index in [2.05, 4.69) is 50.4 Å². The highest BCUT2D eigenvalue weighted by molar-refractivity contribution is 7.07. The first-order valence-corrected chi connectivity index (χ1v) is 13.5. The molecule has 4 rings (SSSR count). The van der Waals surface area contributed by atoms with E-state index in [1.165, 1.54) is 4.57 Å². The third kappa shape index (κ3) is 6.14. The number of anilines is 1. The van der Waals surface area contributed by atoms with Crippen molar-refractivity contribution in [3.8, 4) is 12.1 Å². The summed E-state index contributed by atoms with van der Waals surface area (Å²) in [5.41, 5.74) is 1.53. The second-order valence-electron chi connectivity index (χ2n) is 9.22. The van der Waals surface area contributed by atoms with Gasteiger partial charge in [-0.2, -0.15) is 10.5 Å². The van der Waals surface area contributed by atoms with Gasteiger partial charge in [-0.1, -0.05) is 0 Å². The lowest BCUT2D eigenvalue weighted by molar-refractivity contribution is -0.115. The maximum atomic E-state index is 12.9. The third-order valence-electron chi connectivity index (χ3n) is 6.71. The largest absolute Gasteiger partial charge is 0.360 e. The lowest BCUT2D eigenvalue weighted by Crippen LogP contribution is -2.44. The predicted octanol–water partition coefficient (Wildman–Crippen LogP) is 0.686. The molecule has 1 amide bonds. The first-order valence-electron chi connectivity index (χ1n) is 12.7. The fraction of sp³-hybridized carbons (Fsp3) is 0.407. The van der Waals surface area contributed by atoms with Crippen molar-refractivity contribution in [2.24, 2.45) is 0 Å². The Morgan fingerprint density at radius 2 is 1.95 bits per heavy atom. The Balaban J connectivity index is 1.49. The summed E-state index contributed by atoms with van der Waals surface area (Å²) in [6.07, 6.45) is 4.82. The van der Waals surface area contributed by atoms with Crippen molar-refractivity contribution in [2.75, 3.05) is 51.6 Å². The number of thiazole rings is 1. The van der Waals surface area contributed by atoms with Gasteiger partial charge >= 0.3 is 0 Å². The lowest BCUT2D eigenvalue weighted by atomic mass is 10.2. The highest BCUT2D eigenvalue weighted by atomic mass is 32.1. The maximum Gasteiger partial charge on any atom is 0.270 e. The Morgan fingerprint density at radius 1 is 1.16 bits per heavy atom. The zero-order chi connectivity index (χ0) is 27.1. The van der Waals surface area contributed by atoms with Gasteiger partial charge in [0.2, 0.25) is 0 Å². The Kier molecular flexibility index (Phi) is 8.98. The molecule has 1 saturated heterocycles. The molecule has 0 unspecified atom stereocenters. The van der Waals surface area contributed by atoms with Crippen LogP contribution in [0.4, 0.5) is 5.69 Å². The van der Waals surface area contributed by atoms with Crippen LogP contribution < -0.4 is 25.4 Å². The summed E-state index contributed by atoms with van der Waals surface area (Å²) >= 11 is 1.07. The summed E-state index contributed by atoms with van der Waals surface area (Å²) in [6.45, 7) is 8.47. The topological polar surface area (TPSA) is 122 Å². The molecule has 1 aromatic carbocycles. The van der Waals surface area contributed by atoms with Crippen LogP contribution in [0.2, 0.25) is 0 Å². The molecule has 3 aromatic rings. The van der Waals surface area contributed by atoms with Crippen LogP contribution in [0.15, 0.2) is 35.3 Å². The molecule has 3 heterocycles. The van der Waals surface area contributed by atoms with Gasteiger partial charge in [0, 0.05) is 68.3 Å². The van der Waals surface area contributed by atoms with Gasteiger partial charge in [-0.3, -0.25) is 14.2 Å². The van der Waals surface area contributed by atoms with E-state index >= 15 is 0 Å². The minimum atomic E-state index is -0.671. The summed E-state index contributed by atoms with van der Waals surface area (Å²) < 4.78 is 4.33. The molecular weight excluding hydrogens is 500 g/mol. The SMILES string of the molecule is CCn1c(=O)/c(=C/Nc2ccc3c(ccn3CCCN3CCN(C)CC3)c2)s/c1=C(\C#N)C(=O)NCC#N. The van der Waals surface area contributed by atoms with Gasteiger partial charge < -0.3 is 25.0 Å². The molecule has 11 heteroatoms. The molecule has 0 aliphatic carbocycles. The molecule has 0 spiro atoms. The fourth-order valence-electron chi connectivity index (χ4n) is 4.57. The van der Waals surface area contributed by atoms with Gasteiger partial charge in [0.05, 0.1) is 6.07 Å². The van der Waals surface area contributed by atoms with Crippen LogP contribution in [0.25, 0.3) is 22.7 Å². The number of piperazine rings is 1. The molecule has 2 N–H and O–H groups in total. The average molecular weight is 533 g/mol. The van der Waals surface area contributed by atoms with Crippen molar-refractivity contribution >= 4 is 45.6 Å². The minimum absolute atomic E-state index is 0.181. The second kappa shape index (κ2) is 12.6. The second-order valence-corrected chi connectivity index (χ2v) is 10.2. The quantitative estimate of drug-likeness (QED) is 0.389. The van der Waals surface area contributed by atoms with E-state index in [1.54, 1.807) is 13.1 Å². The number of hydrogen-bond donors (Lipinski definition) is 2. The van der Waals surface area contributed by atoms with Gasteiger partial charge in [-0.15, -0.1) is 11.3 Å². The lowest BCUT2D eigenvalue weighted by Gasteiger charge is -2.32. The number of carbonyl (C=O) groups is 1. The smallest absolute Gasteiger partial charge is 0.270 e. The number of nitriles is 2. The summed E-state index contributed by atoms with van der Waals surface area (Å²) in [7, 11) is 2.17. The molecule has 0 bridgehead atoms. The van der Waals surface area contributed by atoms with Crippen LogP contribution in [0, 0.1) is 22.7 Å². The summed E-state index contributed by atoms with van der Waals surface area (Å²) in [5, 5.41) is 24.9. The van der Waals surface area contributed by atoms with Crippen LogP contribution in [-0.2, 0) is 17.9 Å². The molecule has 0 atom stereocenters. The van der Waals surface area contributed by atoms with Gasteiger partial charge in [-0.05, 0) is 51.2 Å². The first-order chi connectivity index (χ1) is 18.4. The number of aromatic nitrogens is 2. The van der Waals surface area contributed by atoms with Crippen LogP contribution in [0.3, 0.4) is 0 Å². The third-order valence-corrected chi connectivity index (χ3v) is 7.85. The van der Waals surface area contributed by atoms with Crippen LogP contribution in [-0.4, -0.2) is 71.2 Å². The first kappa shape index (κ1) is 27.1. The van der Waals surface area contributed by atoms with Gasteiger partial charge in [0.25, 0.3) is 11.5 Å². The number of nitrogens with one attached hydrogen (secondary N) is 2. The van der Waals surface area contributed by atoms with E-state index in [0.29, 0.717) is 11.1 Å². The van der Waals surface area contributed by atoms with E-state index in [4.69, 9.17) is 5.26 Å². The number of amides is 1. The summed E-state index contributed by atoms with van der Waals surface area (Å²) in [6, 6.07) is 11.9. The monoisotopic (exact) mass is 532 g/mol. The molecule has 1 aliphatic heterocycles. The van der Waals surface area contributed by atoms with Crippen LogP contribution in [0.1, 0.15) is 13.3 Å². The summed E-state index contributed by atoms with van der Waals surface area (Å²) in [5.74, 6) is -0.671. The molecule has 1 aliphatic rings. The molecule has 0 radical (unpaired) electrons. The van der Waals surface area contributed by atoms with Crippen molar-refractivity contribution in [1.82, 2.24) is 24.3 Å². The molecule has 198 valence electrons. The fourth-order valence-corrected chi connectivity index (χ4v) is 5.65. The van der Waals surface area contributed by atoms with Gasteiger partial charge in [-0.25, -0.2) is 0 Å². The van der Waals surface area contributed by atoms with Crippen LogP contribution in [0.5, 0.6) is 0 Å². The molecule has 10 nitrogen and oxygen atoms in total. The average Bonchev–Trinajstić information content (AvgIpc) is 3.47. The highest BCUT2D eigenvalue weighted by Gasteiger charge is 2.15. The Morgan fingerprint density at radius 3 is 2.66 bits per heavy atom. The van der Waals surface area contributed by atoms with Crippen LogP contribution >= 0.6 is 11.3 Å². The van der Waals surface area contributed by atoms with Crippen molar-refractivity contribution < 1.29 is 4.79 Å². The van der Waals surface area contributed by atoms with Crippen molar-refractivity contribution in [3.63, 3.8) is 0 Å². The number of hydrogen-bond acceptors (Lipinski definition) is 8. The highest BCUT2D eigenvalue weighted by Crippen LogP contribution is 2.21. The molecule has 2 aromatic heterocycles. The van der Waals surface area contributed by atoms with E-state index in [-0.39, 0.29) is 22.3 Å². The number of carbonyl (C=O) groups excluding carboxylic acids is 1. The standard InChI is InChI=1S/C27H32N8O2S/c1-3-35-26(37)24(38-27(35)22(18-29)25(36)30-9-8-28)19-31-21-5-6-23-20(17-21)7-12-34(23)11-4-10-33-15-13-32(2)14-16-33/h5-7,12,17,19,31H,3-4,9-11,13-16H2,1-2H3,(H,30,36)/b24-19-,27-22+. The number of likely N-dealkylation sites (N-methyl/N-ethyl adjacent to an activating group) is 1. The Bertz CT molecular complexity index is 1560. The number of aryl methyl sites for hydroxylation is 1. The number of rotatable bonds is 9. The van der Waals surface area contributed by atoms with Gasteiger partial charge in [0.15, 0.2) is 5.57 Å². The van der Waals surface area contributed by atoms with Crippen molar-refractivity contribution in [2.45, 2.75) is 26.4 Å². The van der Waals surface area contributed by atoms with Crippen molar-refractivity contribution in [1.29, 1.82) is 10.5 Å². The molecular formula is C27H32N8O2S. The van der Waals surface area contributed by atoms with Gasteiger partial charge in [0.1, 0.15) is 21.8 Å². The minimum Gasteiger partial charge on any atom is -0.360 e. The van der Waals surface area contributed by atoms with E-state index < -0.39 is 5.91 Å². The zero-order valence-corrected chi connectivity index (χ0v) is 22.6. The maximum absolute atomic E-state index is 12.9. The van der Waals surface area contributed by atoms with E-state index in [0.717, 1.165) is 73.6 Å². The summed E-state index contributed by atoms with van der Waals surface area (Å²) in [4.78, 5) is 30.2. The zero-order valence-electron chi connectivity index (χ0n) is 21.7. The Labute approximate surface area is 225 Å². The number of fused-ring (bicyclic) bond motifs is 1. The number of nitrogens with zero attached hydrogens (tertiary/aromatic N) is 6. The molecule has 1 fully saturated rings. The van der Waals surface area contributed by atoms with Crippen molar-refractivity contribution in [3.05, 3.63) is 50.0 Å². The van der Waals surface area contributed by atoms with E-state index in [9.17, 15) is 14.9 Å².